The minimum Gasteiger partial charge on any atom is -0.496 e. The van der Waals surface area contributed by atoms with Crippen molar-refractivity contribution in [3.05, 3.63) is 23.8 Å². The van der Waals surface area contributed by atoms with Gasteiger partial charge in [-0.05, 0) is 25.3 Å². The third kappa shape index (κ3) is 6.67. The molecule has 102 valence electrons. The van der Waals surface area contributed by atoms with Gasteiger partial charge in [-0.1, -0.05) is 43.4 Å². The summed E-state index contributed by atoms with van der Waals surface area (Å²) >= 11 is 0. The molecule has 0 aliphatic rings. The molecule has 1 atom stereocenters. The van der Waals surface area contributed by atoms with E-state index in [1.165, 1.54) is 6.07 Å². The Morgan fingerprint density at radius 1 is 1.26 bits per heavy atom. The fourth-order valence-corrected chi connectivity index (χ4v) is 1.86. The quantitative estimate of drug-likeness (QED) is 0.708. The van der Waals surface area contributed by atoms with E-state index in [2.05, 4.69) is 0 Å². The van der Waals surface area contributed by atoms with Crippen LogP contribution in [0, 0.1) is 12.8 Å². The SMILES string of the molecule is CCCC(C)COc1ccc(C)cc1[B-](F)(F)F.[K+]. The van der Waals surface area contributed by atoms with Crippen LogP contribution in [0.3, 0.4) is 0 Å². The van der Waals surface area contributed by atoms with Crippen LogP contribution in [0.1, 0.15) is 32.3 Å². The summed E-state index contributed by atoms with van der Waals surface area (Å²) < 4.78 is 44.0. The van der Waals surface area contributed by atoms with Gasteiger partial charge < -0.3 is 17.7 Å². The summed E-state index contributed by atoms with van der Waals surface area (Å²) in [5, 5.41) is 0. The molecule has 1 rings (SSSR count). The molecule has 0 fully saturated rings. The summed E-state index contributed by atoms with van der Waals surface area (Å²) in [6.07, 6.45) is 1.97. The molecular formula is C13H19BF3KO. The molecule has 1 aromatic rings. The van der Waals surface area contributed by atoms with Crippen LogP contribution in [0.2, 0.25) is 0 Å². The molecule has 19 heavy (non-hydrogen) atoms. The first-order valence-corrected chi connectivity index (χ1v) is 6.28. The van der Waals surface area contributed by atoms with Crippen molar-refractivity contribution in [3.8, 4) is 5.75 Å². The molecule has 1 unspecified atom stereocenters. The average Bonchev–Trinajstić information content (AvgIpc) is 2.26. The van der Waals surface area contributed by atoms with Gasteiger partial charge in [0.15, 0.2) is 0 Å². The Kier molecular flexibility index (Phi) is 8.96. The number of ether oxygens (including phenoxy) is 1. The molecule has 0 heterocycles. The summed E-state index contributed by atoms with van der Waals surface area (Å²) in [7, 11) is 0. The first-order valence-electron chi connectivity index (χ1n) is 6.28. The Morgan fingerprint density at radius 2 is 1.89 bits per heavy atom. The van der Waals surface area contributed by atoms with E-state index in [0.29, 0.717) is 12.2 Å². The van der Waals surface area contributed by atoms with Crippen molar-refractivity contribution in [2.24, 2.45) is 5.92 Å². The predicted octanol–water partition coefficient (Wildman–Crippen LogP) is 0.868. The maximum Gasteiger partial charge on any atom is 1.00 e. The first kappa shape index (κ1) is 19.5. The summed E-state index contributed by atoms with van der Waals surface area (Å²) in [5.41, 5.74) is -0.0307. The van der Waals surface area contributed by atoms with Gasteiger partial charge >= 0.3 is 58.4 Å². The normalized spacial score (nSPS) is 12.7. The van der Waals surface area contributed by atoms with Gasteiger partial charge in [-0.3, -0.25) is 0 Å². The molecule has 1 nitrogen and oxygen atoms in total. The molecule has 0 amide bonds. The van der Waals surface area contributed by atoms with Crippen molar-refractivity contribution in [1.82, 2.24) is 0 Å². The second-order valence-electron chi connectivity index (χ2n) is 4.82. The zero-order chi connectivity index (χ0) is 13.8. The predicted molar refractivity (Wildman–Crippen MR) is 69.5 cm³/mol. The van der Waals surface area contributed by atoms with Crippen molar-refractivity contribution in [1.29, 1.82) is 0 Å². The van der Waals surface area contributed by atoms with Crippen LogP contribution < -0.4 is 61.6 Å². The van der Waals surface area contributed by atoms with Gasteiger partial charge in [-0.15, -0.1) is 0 Å². The van der Waals surface area contributed by atoms with Crippen LogP contribution in [-0.4, -0.2) is 13.6 Å². The molecule has 0 saturated heterocycles. The average molecular weight is 298 g/mol. The maximum absolute atomic E-state index is 12.9. The minimum atomic E-state index is -5.02. The number of rotatable bonds is 6. The van der Waals surface area contributed by atoms with Crippen molar-refractivity contribution >= 4 is 12.4 Å². The summed E-state index contributed by atoms with van der Waals surface area (Å²) in [6.45, 7) is 0.985. The van der Waals surface area contributed by atoms with Gasteiger partial charge in [0, 0.05) is 0 Å². The van der Waals surface area contributed by atoms with E-state index in [-0.39, 0.29) is 63.1 Å². The first-order chi connectivity index (χ1) is 8.34. The van der Waals surface area contributed by atoms with Crippen molar-refractivity contribution in [2.75, 3.05) is 6.61 Å². The standard InChI is InChI=1S/C13H19BF3O.K/c1-4-5-11(3)9-18-13-7-6-10(2)8-12(13)14(15,16)17;/h6-8,11H,4-5,9H2,1-3H3;/q-1;+1. The molecule has 0 radical (unpaired) electrons. The Labute approximate surface area is 155 Å². The largest absolute Gasteiger partial charge is 1.00 e. The summed E-state index contributed by atoms with van der Waals surface area (Å²) in [6, 6.07) is 4.21. The van der Waals surface area contributed by atoms with Gasteiger partial charge in [0.1, 0.15) is 0 Å². The van der Waals surface area contributed by atoms with E-state index in [4.69, 9.17) is 4.74 Å². The third-order valence-corrected chi connectivity index (χ3v) is 2.82. The second kappa shape index (κ2) is 8.72. The van der Waals surface area contributed by atoms with E-state index in [0.717, 1.165) is 18.9 Å². The van der Waals surface area contributed by atoms with Crippen LogP contribution >= 0.6 is 0 Å². The third-order valence-electron chi connectivity index (χ3n) is 2.82. The number of halogens is 3. The van der Waals surface area contributed by atoms with Gasteiger partial charge in [0.05, 0.1) is 12.4 Å². The van der Waals surface area contributed by atoms with Crippen molar-refractivity contribution in [3.63, 3.8) is 0 Å². The number of benzene rings is 1. The monoisotopic (exact) mass is 298 g/mol. The van der Waals surface area contributed by atoms with E-state index < -0.39 is 12.4 Å². The number of hydrogen-bond acceptors (Lipinski definition) is 1. The molecule has 0 bridgehead atoms. The second-order valence-corrected chi connectivity index (χ2v) is 4.82. The van der Waals surface area contributed by atoms with Gasteiger partial charge in [0.2, 0.25) is 0 Å². The molecule has 0 spiro atoms. The van der Waals surface area contributed by atoms with Crippen LogP contribution in [0.4, 0.5) is 12.9 Å². The molecule has 0 saturated carbocycles. The van der Waals surface area contributed by atoms with E-state index in [1.54, 1.807) is 13.0 Å². The van der Waals surface area contributed by atoms with Crippen molar-refractivity contribution < 1.29 is 69.1 Å². The minimum absolute atomic E-state index is 0. The van der Waals surface area contributed by atoms with Gasteiger partial charge in [-0.25, -0.2) is 0 Å². The van der Waals surface area contributed by atoms with E-state index >= 15 is 0 Å². The van der Waals surface area contributed by atoms with E-state index in [1.807, 2.05) is 13.8 Å². The number of hydrogen-bond donors (Lipinski definition) is 0. The summed E-state index contributed by atoms with van der Waals surface area (Å²) in [5.74, 6) is 0.223. The Balaban J connectivity index is 0.00000324. The van der Waals surface area contributed by atoms with Crippen LogP contribution in [0.5, 0.6) is 5.75 Å². The Hall–Kier alpha value is 0.511. The Morgan fingerprint density at radius 3 is 2.42 bits per heavy atom. The van der Waals surface area contributed by atoms with E-state index in [9.17, 15) is 12.9 Å². The molecule has 6 heteroatoms. The van der Waals surface area contributed by atoms with Crippen molar-refractivity contribution in [2.45, 2.75) is 33.6 Å². The Bertz CT molecular complexity index is 396. The maximum atomic E-state index is 12.9. The molecule has 0 N–H and O–H groups in total. The summed E-state index contributed by atoms with van der Waals surface area (Å²) in [4.78, 5) is 0. The number of aryl methyl sites for hydroxylation is 1. The molecule has 0 aliphatic heterocycles. The smallest absolute Gasteiger partial charge is 0.496 e. The van der Waals surface area contributed by atoms with Gasteiger partial charge in [-0.2, -0.15) is 0 Å². The van der Waals surface area contributed by atoms with Crippen LogP contribution in [0.25, 0.3) is 0 Å². The molecule has 0 aliphatic carbocycles. The topological polar surface area (TPSA) is 9.23 Å². The fraction of sp³-hybridized carbons (Fsp3) is 0.538. The van der Waals surface area contributed by atoms with Gasteiger partial charge in [0.25, 0.3) is 0 Å². The van der Waals surface area contributed by atoms with Crippen LogP contribution in [-0.2, 0) is 0 Å². The molecule has 1 aromatic carbocycles. The zero-order valence-corrected chi connectivity index (χ0v) is 15.2. The molecule has 0 aromatic heterocycles. The molecular weight excluding hydrogens is 279 g/mol. The van der Waals surface area contributed by atoms with Crippen LogP contribution in [0.15, 0.2) is 18.2 Å². The fourth-order valence-electron chi connectivity index (χ4n) is 1.86. The zero-order valence-electron chi connectivity index (χ0n) is 12.1.